The van der Waals surface area contributed by atoms with Gasteiger partial charge in [-0.25, -0.2) is 0 Å². The highest BCUT2D eigenvalue weighted by Crippen LogP contribution is 2.49. The zero-order chi connectivity index (χ0) is 17.4. The average Bonchev–Trinajstić information content (AvgIpc) is 3.29. The molecule has 2 aliphatic rings. The van der Waals surface area contributed by atoms with Crippen LogP contribution in [0.2, 0.25) is 0 Å². The fourth-order valence-electron chi connectivity index (χ4n) is 3.88. The van der Waals surface area contributed by atoms with Gasteiger partial charge in [-0.05, 0) is 18.6 Å². The molecule has 3 heterocycles. The van der Waals surface area contributed by atoms with Crippen LogP contribution in [0, 0.1) is 0 Å². The summed E-state index contributed by atoms with van der Waals surface area (Å²) in [6, 6.07) is 9.47. The Morgan fingerprint density at radius 3 is 3.08 bits per heavy atom. The van der Waals surface area contributed by atoms with Gasteiger partial charge in [0.25, 0.3) is 0 Å². The van der Waals surface area contributed by atoms with Crippen LogP contribution >= 0.6 is 0 Å². The Morgan fingerprint density at radius 1 is 1.40 bits per heavy atom. The molecule has 6 nitrogen and oxygen atoms in total. The smallest absolute Gasteiger partial charge is 0.200 e. The highest BCUT2D eigenvalue weighted by Gasteiger charge is 2.54. The number of anilines is 1. The molecule has 0 spiro atoms. The van der Waals surface area contributed by atoms with Gasteiger partial charge < -0.3 is 14.7 Å². The highest BCUT2D eigenvalue weighted by molar-refractivity contribution is 5.98. The molecule has 1 fully saturated rings. The lowest BCUT2D eigenvalue weighted by Crippen LogP contribution is -2.44. The molecule has 2 aliphatic heterocycles. The first-order valence-corrected chi connectivity index (χ1v) is 8.90. The first kappa shape index (κ1) is 16.3. The van der Waals surface area contributed by atoms with Gasteiger partial charge in [0.05, 0.1) is 13.2 Å². The number of fused-ring (bicyclic) bond motifs is 3. The number of carbonyl (C=O) groups is 1. The lowest BCUT2D eigenvalue weighted by molar-refractivity contribution is -0.0300. The van der Waals surface area contributed by atoms with Crippen LogP contribution in [0.4, 0.5) is 5.69 Å². The summed E-state index contributed by atoms with van der Waals surface area (Å²) in [4.78, 5) is 14.8. The van der Waals surface area contributed by atoms with Crippen LogP contribution in [0.25, 0.3) is 0 Å². The topological polar surface area (TPSA) is 67.6 Å². The summed E-state index contributed by atoms with van der Waals surface area (Å²) in [7, 11) is 0. The molecule has 0 unspecified atom stereocenters. The molecule has 2 aromatic rings. The minimum Gasteiger partial charge on any atom is -0.380 e. The first-order valence-electron chi connectivity index (χ1n) is 8.90. The Bertz CT molecular complexity index is 788. The number of unbranched alkanes of at least 4 members (excludes halogenated alkanes) is 1. The second kappa shape index (κ2) is 6.28. The third-order valence-corrected chi connectivity index (χ3v) is 5.17. The number of benzene rings is 1. The van der Waals surface area contributed by atoms with E-state index in [1.54, 1.807) is 16.9 Å². The number of Topliss-reactive ketones (excluding diaryl/α,β-unsaturated/α-hetero) is 1. The maximum Gasteiger partial charge on any atom is 0.200 e. The van der Waals surface area contributed by atoms with Crippen molar-refractivity contribution in [2.75, 3.05) is 18.1 Å². The van der Waals surface area contributed by atoms with E-state index < -0.39 is 11.8 Å². The number of rotatable bonds is 6. The molecule has 1 saturated heterocycles. The quantitative estimate of drug-likeness (QED) is 0.817. The van der Waals surface area contributed by atoms with E-state index in [1.165, 1.54) is 0 Å². The van der Waals surface area contributed by atoms with E-state index in [1.807, 2.05) is 29.2 Å². The van der Waals surface area contributed by atoms with Gasteiger partial charge in [-0.1, -0.05) is 31.5 Å². The van der Waals surface area contributed by atoms with E-state index in [0.717, 1.165) is 30.6 Å². The van der Waals surface area contributed by atoms with Crippen LogP contribution < -0.4 is 4.90 Å². The Hall–Kier alpha value is -2.18. The number of aromatic nitrogens is 2. The first-order chi connectivity index (χ1) is 12.1. The third-order valence-electron chi connectivity index (χ3n) is 5.17. The monoisotopic (exact) mass is 341 g/mol. The summed E-state index contributed by atoms with van der Waals surface area (Å²) in [6.07, 6.45) is 3.76. The molecule has 4 rings (SSSR count). The zero-order valence-corrected chi connectivity index (χ0v) is 14.4. The molecule has 1 aromatic carbocycles. The maximum atomic E-state index is 12.9. The maximum absolute atomic E-state index is 12.9. The summed E-state index contributed by atoms with van der Waals surface area (Å²) in [6.45, 7) is 3.52. The molecule has 1 N–H and O–H groups in total. The van der Waals surface area contributed by atoms with E-state index in [2.05, 4.69) is 12.0 Å². The van der Waals surface area contributed by atoms with E-state index in [4.69, 9.17) is 4.74 Å². The van der Waals surface area contributed by atoms with E-state index in [0.29, 0.717) is 18.7 Å². The Morgan fingerprint density at radius 2 is 2.24 bits per heavy atom. The predicted octanol–water partition coefficient (Wildman–Crippen LogP) is 2.32. The number of hydrogen-bond donors (Lipinski definition) is 1. The van der Waals surface area contributed by atoms with Crippen molar-refractivity contribution in [1.29, 1.82) is 0 Å². The van der Waals surface area contributed by atoms with Crippen molar-refractivity contribution in [3.8, 4) is 0 Å². The molecule has 0 aliphatic carbocycles. The largest absolute Gasteiger partial charge is 0.380 e. The molecule has 1 aromatic heterocycles. The number of hydrogen-bond acceptors (Lipinski definition) is 5. The van der Waals surface area contributed by atoms with Crippen molar-refractivity contribution in [2.45, 2.75) is 44.6 Å². The van der Waals surface area contributed by atoms with Gasteiger partial charge >= 0.3 is 0 Å². The van der Waals surface area contributed by atoms with Crippen molar-refractivity contribution in [2.24, 2.45) is 0 Å². The number of nitrogens with zero attached hydrogens (tertiary/aromatic N) is 3. The number of aryl methyl sites for hydroxylation is 1. The minimum absolute atomic E-state index is 0.0110. The Labute approximate surface area is 147 Å². The van der Waals surface area contributed by atoms with Gasteiger partial charge in [-0.15, -0.1) is 0 Å². The molecule has 132 valence electrons. The fraction of sp³-hybridized carbons (Fsp3) is 0.474. The van der Waals surface area contributed by atoms with E-state index in [9.17, 15) is 9.90 Å². The SMILES string of the molecule is CCCCn1nccc1C(=O)CN1c2ccccc2[C@]2(O)CCO[C@H]12. The van der Waals surface area contributed by atoms with Crippen molar-refractivity contribution in [1.82, 2.24) is 9.78 Å². The van der Waals surface area contributed by atoms with Crippen LogP contribution in [-0.2, 0) is 16.9 Å². The van der Waals surface area contributed by atoms with E-state index >= 15 is 0 Å². The van der Waals surface area contributed by atoms with Gasteiger partial charge in [0.2, 0.25) is 0 Å². The highest BCUT2D eigenvalue weighted by atomic mass is 16.5. The molecule has 0 radical (unpaired) electrons. The second-order valence-corrected chi connectivity index (χ2v) is 6.76. The molecular weight excluding hydrogens is 318 g/mol. The summed E-state index contributed by atoms with van der Waals surface area (Å²) >= 11 is 0. The van der Waals surface area contributed by atoms with E-state index in [-0.39, 0.29) is 12.3 Å². The van der Waals surface area contributed by atoms with Gasteiger partial charge in [0.15, 0.2) is 12.0 Å². The zero-order valence-electron chi connectivity index (χ0n) is 14.4. The van der Waals surface area contributed by atoms with Crippen molar-refractivity contribution < 1.29 is 14.6 Å². The lowest BCUT2D eigenvalue weighted by atomic mass is 9.93. The van der Waals surface area contributed by atoms with Gasteiger partial charge in [0.1, 0.15) is 11.3 Å². The van der Waals surface area contributed by atoms with Gasteiger partial charge in [-0.3, -0.25) is 9.48 Å². The lowest BCUT2D eigenvalue weighted by Gasteiger charge is -2.28. The molecule has 6 heteroatoms. The van der Waals surface area contributed by atoms with Crippen LogP contribution in [0.3, 0.4) is 0 Å². The normalized spacial score (nSPS) is 24.4. The molecule has 2 atom stereocenters. The van der Waals surface area contributed by atoms with Crippen LogP contribution in [-0.4, -0.2) is 40.0 Å². The Kier molecular flexibility index (Phi) is 4.09. The number of ether oxygens (including phenoxy) is 1. The van der Waals surface area contributed by atoms with Gasteiger partial charge in [-0.2, -0.15) is 5.10 Å². The summed E-state index contributed by atoms with van der Waals surface area (Å²) in [5.41, 5.74) is 1.31. The third kappa shape index (κ3) is 2.56. The number of para-hydroxylation sites is 1. The summed E-state index contributed by atoms with van der Waals surface area (Å²) in [5.74, 6) is -0.0110. The van der Waals surface area contributed by atoms with Crippen molar-refractivity contribution >= 4 is 11.5 Å². The predicted molar refractivity (Wildman–Crippen MR) is 93.5 cm³/mol. The van der Waals surface area contributed by atoms with Crippen LogP contribution in [0.5, 0.6) is 0 Å². The number of ketones is 1. The molecule has 0 amide bonds. The molecule has 0 bridgehead atoms. The molecular formula is C19H23N3O3. The Balaban J connectivity index is 1.61. The van der Waals surface area contributed by atoms with Gasteiger partial charge in [0, 0.05) is 30.4 Å². The summed E-state index contributed by atoms with van der Waals surface area (Å²) < 4.78 is 7.56. The number of aliphatic hydroxyl groups is 1. The molecule has 0 saturated carbocycles. The summed E-state index contributed by atoms with van der Waals surface area (Å²) in [5, 5.41) is 15.3. The standard InChI is InChI=1S/C19H23N3O3/c1-2-3-11-22-16(8-10-20-22)17(23)13-21-15-7-5-4-6-14(15)19(24)9-12-25-18(19)21/h4-8,10,18,24H,2-3,9,11-13H2,1H3/t18-,19+/m0/s1. The molecule has 25 heavy (non-hydrogen) atoms. The van der Waals surface area contributed by atoms with Crippen LogP contribution in [0.1, 0.15) is 42.2 Å². The van der Waals surface area contributed by atoms with Crippen LogP contribution in [0.15, 0.2) is 36.5 Å². The van der Waals surface area contributed by atoms with Crippen molar-refractivity contribution in [3.63, 3.8) is 0 Å². The second-order valence-electron chi connectivity index (χ2n) is 6.76. The average molecular weight is 341 g/mol. The number of carbonyl (C=O) groups excluding carboxylic acids is 1. The fourth-order valence-corrected chi connectivity index (χ4v) is 3.88. The van der Waals surface area contributed by atoms with Crippen molar-refractivity contribution in [3.05, 3.63) is 47.8 Å². The minimum atomic E-state index is -1.03.